The fourth-order valence-electron chi connectivity index (χ4n) is 2.39. The van der Waals surface area contributed by atoms with Gasteiger partial charge in [-0.15, -0.1) is 0 Å². The van der Waals surface area contributed by atoms with Crippen molar-refractivity contribution in [1.29, 1.82) is 0 Å². The van der Waals surface area contributed by atoms with Crippen LogP contribution in [0.1, 0.15) is 49.1 Å². The second-order valence-electron chi connectivity index (χ2n) is 7.74. The molecule has 10 nitrogen and oxygen atoms in total. The van der Waals surface area contributed by atoms with Crippen molar-refractivity contribution in [2.45, 2.75) is 39.2 Å². The maximum Gasteiger partial charge on any atom is 0.322 e. The van der Waals surface area contributed by atoms with E-state index in [1.807, 2.05) is 27.7 Å². The van der Waals surface area contributed by atoms with Crippen molar-refractivity contribution >= 4 is 31.8 Å². The molecule has 1 unspecified atom stereocenters. The van der Waals surface area contributed by atoms with Crippen LogP contribution < -0.4 is 16.0 Å². The highest BCUT2D eigenvalue weighted by molar-refractivity contribution is 8.69. The van der Waals surface area contributed by atoms with Crippen LogP contribution in [0, 0.1) is 17.9 Å². The fraction of sp³-hybridized carbons (Fsp3) is 0.545. The first kappa shape index (κ1) is 29.9. The minimum atomic E-state index is -4.41. The van der Waals surface area contributed by atoms with Gasteiger partial charge in [0, 0.05) is 47.5 Å². The quantitative estimate of drug-likeness (QED) is 0.0727. The van der Waals surface area contributed by atoms with Gasteiger partial charge in [-0.25, -0.2) is 0 Å². The summed E-state index contributed by atoms with van der Waals surface area (Å²) >= 11 is 0. The van der Waals surface area contributed by atoms with E-state index in [4.69, 9.17) is 9.47 Å². The van der Waals surface area contributed by atoms with Crippen LogP contribution in [-0.4, -0.2) is 63.7 Å². The van der Waals surface area contributed by atoms with E-state index in [1.54, 1.807) is 24.3 Å². The molecule has 0 heterocycles. The average Bonchev–Trinajstić information content (AvgIpc) is 2.74. The highest BCUT2D eigenvalue weighted by atomic mass is 33.1. The highest BCUT2D eigenvalue weighted by Crippen LogP contribution is 2.33. The van der Waals surface area contributed by atoms with E-state index in [-0.39, 0.29) is 42.4 Å². The highest BCUT2D eigenvalue weighted by Gasteiger charge is 2.21. The minimum absolute atomic E-state index is 0.0124. The number of benzene rings is 1. The molecule has 1 rings (SSSR count). The normalized spacial score (nSPS) is 12.2. The number of carbonyl (C=O) groups is 2. The molecule has 0 bridgehead atoms. The second-order valence-corrected chi connectivity index (χ2v) is 11.1. The van der Waals surface area contributed by atoms with Crippen molar-refractivity contribution in [3.63, 3.8) is 0 Å². The Morgan fingerprint density at radius 3 is 2.35 bits per heavy atom. The monoisotopic (exact) mass is 515 g/mol. The first-order valence-electron chi connectivity index (χ1n) is 10.7. The molecule has 190 valence electrons. The summed E-state index contributed by atoms with van der Waals surface area (Å²) in [5, 5.41) is 8.37. The van der Waals surface area contributed by atoms with E-state index < -0.39 is 20.5 Å². The van der Waals surface area contributed by atoms with E-state index in [9.17, 15) is 22.6 Å². The van der Waals surface area contributed by atoms with E-state index in [0.29, 0.717) is 30.3 Å². The summed E-state index contributed by atoms with van der Waals surface area (Å²) < 4.78 is 42.7. The first-order chi connectivity index (χ1) is 16.0. The zero-order chi connectivity index (χ0) is 25.6. The molecule has 0 saturated heterocycles. The topological polar surface area (TPSA) is 143 Å². The molecule has 1 atom stereocenters. The molecule has 0 spiro atoms. The lowest BCUT2D eigenvalue weighted by molar-refractivity contribution is -0.125. The largest absolute Gasteiger partial charge is 0.369 e. The Hall–Kier alpha value is -2.14. The van der Waals surface area contributed by atoms with Crippen molar-refractivity contribution in [3.05, 3.63) is 35.4 Å². The summed E-state index contributed by atoms with van der Waals surface area (Å²) in [6.45, 7) is 8.65. The molecule has 0 aliphatic rings. The molecule has 12 heteroatoms. The Morgan fingerprint density at radius 2 is 1.76 bits per heavy atom. The van der Waals surface area contributed by atoms with Gasteiger partial charge in [-0.05, 0) is 17.7 Å². The van der Waals surface area contributed by atoms with E-state index in [1.165, 1.54) is 0 Å². The predicted molar refractivity (Wildman–Crippen MR) is 131 cm³/mol. The number of rotatable bonds is 14. The second kappa shape index (κ2) is 15.7. The number of amides is 2. The van der Waals surface area contributed by atoms with Crippen molar-refractivity contribution in [3.8, 4) is 12.0 Å². The zero-order valence-corrected chi connectivity index (χ0v) is 21.4. The van der Waals surface area contributed by atoms with Crippen molar-refractivity contribution in [2.75, 3.05) is 32.9 Å². The van der Waals surface area contributed by atoms with Gasteiger partial charge in [-0.3, -0.25) is 19.5 Å². The van der Waals surface area contributed by atoms with Crippen LogP contribution in [0.3, 0.4) is 0 Å². The van der Waals surface area contributed by atoms with Crippen LogP contribution in [0.5, 0.6) is 0 Å². The Balaban J connectivity index is 2.58. The van der Waals surface area contributed by atoms with Crippen LogP contribution >= 0.6 is 10.8 Å². The van der Waals surface area contributed by atoms with Gasteiger partial charge in [-0.2, -0.15) is 8.42 Å². The SMILES string of the molecule is CC(C)C#CNC(=O)COCCOC(SS(=O)(=O)O)c1ccc(C(=O)NCCNC(C)C)cc1. The molecule has 0 radical (unpaired) electrons. The number of ether oxygens (including phenoxy) is 2. The summed E-state index contributed by atoms with van der Waals surface area (Å²) in [6, 6.07) is 9.03. The van der Waals surface area contributed by atoms with E-state index in [2.05, 4.69) is 27.9 Å². The summed E-state index contributed by atoms with van der Waals surface area (Å²) in [6.07, 6.45) is 0. The number of hydrogen-bond acceptors (Lipinski definition) is 8. The molecular weight excluding hydrogens is 482 g/mol. The maximum absolute atomic E-state index is 12.2. The molecule has 0 aliphatic carbocycles. The van der Waals surface area contributed by atoms with Crippen LogP contribution in [0.15, 0.2) is 24.3 Å². The van der Waals surface area contributed by atoms with Crippen molar-refractivity contribution in [2.24, 2.45) is 5.92 Å². The van der Waals surface area contributed by atoms with Gasteiger partial charge in [0.2, 0.25) is 0 Å². The summed E-state index contributed by atoms with van der Waals surface area (Å²) in [7, 11) is -4.20. The Bertz CT molecular complexity index is 939. The molecule has 1 aromatic carbocycles. The lowest BCUT2D eigenvalue weighted by Crippen LogP contribution is -2.34. The van der Waals surface area contributed by atoms with Crippen LogP contribution in [0.2, 0.25) is 0 Å². The first-order valence-corrected chi connectivity index (χ1v) is 13.6. The van der Waals surface area contributed by atoms with Crippen molar-refractivity contribution in [1.82, 2.24) is 16.0 Å². The molecular formula is C22H33N3O7S2. The Kier molecular flexibility index (Phi) is 13.8. The lowest BCUT2D eigenvalue weighted by atomic mass is 10.1. The smallest absolute Gasteiger partial charge is 0.322 e. The Labute approximate surface area is 205 Å². The van der Waals surface area contributed by atoms with Gasteiger partial charge in [0.1, 0.15) is 12.0 Å². The average molecular weight is 516 g/mol. The maximum atomic E-state index is 12.2. The minimum Gasteiger partial charge on any atom is -0.369 e. The fourth-order valence-corrected chi connectivity index (χ4v) is 4.19. The zero-order valence-electron chi connectivity index (χ0n) is 19.8. The standard InChI is InChI=1S/C22H33N3O7S2/c1-16(2)9-10-24-20(26)15-31-13-14-32-22(33-34(28,29)30)19-7-5-18(6-8-19)21(27)25-12-11-23-17(3)4/h5-8,16-17,22-23H,11-15H2,1-4H3,(H,24,26)(H,25,27)(H,28,29,30). The van der Waals surface area contributed by atoms with Crippen LogP contribution in [0.25, 0.3) is 0 Å². The molecule has 0 aromatic heterocycles. The number of hydrogen-bond donors (Lipinski definition) is 4. The van der Waals surface area contributed by atoms with Gasteiger partial charge in [0.25, 0.3) is 11.8 Å². The van der Waals surface area contributed by atoms with Gasteiger partial charge in [0.15, 0.2) is 0 Å². The Morgan fingerprint density at radius 1 is 1.09 bits per heavy atom. The summed E-state index contributed by atoms with van der Waals surface area (Å²) in [4.78, 5) is 23.8. The van der Waals surface area contributed by atoms with Gasteiger partial charge >= 0.3 is 9.15 Å². The van der Waals surface area contributed by atoms with E-state index >= 15 is 0 Å². The van der Waals surface area contributed by atoms with Gasteiger partial charge in [0.05, 0.1) is 13.2 Å². The third-order valence-electron chi connectivity index (χ3n) is 3.91. The lowest BCUT2D eigenvalue weighted by Gasteiger charge is -2.16. The van der Waals surface area contributed by atoms with Crippen LogP contribution in [-0.2, 0) is 23.4 Å². The molecule has 0 saturated carbocycles. The molecule has 1 aromatic rings. The number of nitrogens with one attached hydrogen (secondary N) is 3. The third-order valence-corrected chi connectivity index (χ3v) is 5.99. The predicted octanol–water partition coefficient (Wildman–Crippen LogP) is 1.72. The third kappa shape index (κ3) is 14.2. The number of carbonyl (C=O) groups excluding carboxylic acids is 2. The molecule has 2 amide bonds. The van der Waals surface area contributed by atoms with Gasteiger partial charge < -0.3 is 20.1 Å². The molecule has 0 fully saturated rings. The molecule has 0 aliphatic heterocycles. The van der Waals surface area contributed by atoms with Crippen molar-refractivity contribution < 1.29 is 32.0 Å². The summed E-state index contributed by atoms with van der Waals surface area (Å²) in [5.74, 6) is 2.24. The molecule has 34 heavy (non-hydrogen) atoms. The van der Waals surface area contributed by atoms with E-state index in [0.717, 1.165) is 0 Å². The molecule has 4 N–H and O–H groups in total. The van der Waals surface area contributed by atoms with Gasteiger partial charge in [-0.1, -0.05) is 45.7 Å². The summed E-state index contributed by atoms with van der Waals surface area (Å²) in [5.41, 5.74) is -0.224. The van der Waals surface area contributed by atoms with Crippen LogP contribution in [0.4, 0.5) is 0 Å².